The van der Waals surface area contributed by atoms with Gasteiger partial charge in [0.05, 0.1) is 25.1 Å². The number of nitrogens with two attached hydrogens (primary N) is 1. The van der Waals surface area contributed by atoms with E-state index in [0.717, 1.165) is 43.5 Å². The van der Waals surface area contributed by atoms with Gasteiger partial charge in [0.25, 0.3) is 5.91 Å². The van der Waals surface area contributed by atoms with Gasteiger partial charge in [-0.3, -0.25) is 14.4 Å². The van der Waals surface area contributed by atoms with Gasteiger partial charge in [0.15, 0.2) is 5.82 Å². The molecule has 2 aromatic carbocycles. The van der Waals surface area contributed by atoms with Gasteiger partial charge in [-0.05, 0) is 44.2 Å². The lowest BCUT2D eigenvalue weighted by molar-refractivity contribution is -0.134. The standard InChI is InChI=1S/C30H38N6O4.2ClH/c1-30(2,31)29(39)33-24(20-40-19-22-12-6-3-7-13-22)27(37)34-25-18-36(21-32-25)26(23-14-8-4-9-15-23)28(38)35-16-10-5-11-17-35;;/h3-4,6-9,12-15,18,21,24,26H,5,10-11,16-17,19-20,31H2,1-2H3,(H,33,39)(H,34,37);2*1H/t24-,26?;;/m1../s1. The normalized spacial score (nSPS) is 14.5. The molecule has 0 radical (unpaired) electrons. The van der Waals surface area contributed by atoms with E-state index in [4.69, 9.17) is 10.5 Å². The number of carbonyl (C=O) groups is 3. The Labute approximate surface area is 259 Å². The number of hydrogen-bond donors (Lipinski definition) is 3. The number of carbonyl (C=O) groups excluding carboxylic acids is 3. The summed E-state index contributed by atoms with van der Waals surface area (Å²) in [6, 6.07) is 17.4. The largest absolute Gasteiger partial charge is 0.374 e. The maximum Gasteiger partial charge on any atom is 0.250 e. The topological polar surface area (TPSA) is 132 Å². The Balaban J connectivity index is 0.00000308. The predicted molar refractivity (Wildman–Crippen MR) is 167 cm³/mol. The summed E-state index contributed by atoms with van der Waals surface area (Å²) in [5.41, 5.74) is 6.53. The first kappa shape index (κ1) is 34.8. The highest BCUT2D eigenvalue weighted by Crippen LogP contribution is 2.24. The van der Waals surface area contributed by atoms with Crippen LogP contribution in [0.2, 0.25) is 0 Å². The predicted octanol–water partition coefficient (Wildman–Crippen LogP) is 3.71. The van der Waals surface area contributed by atoms with E-state index in [2.05, 4.69) is 15.6 Å². The number of likely N-dealkylation sites (tertiary alicyclic amines) is 1. The number of nitrogens with one attached hydrogen (secondary N) is 2. The van der Waals surface area contributed by atoms with Crippen molar-refractivity contribution >= 4 is 48.4 Å². The van der Waals surface area contributed by atoms with Crippen LogP contribution >= 0.6 is 24.8 Å². The first-order valence-electron chi connectivity index (χ1n) is 13.6. The molecule has 4 rings (SSSR count). The van der Waals surface area contributed by atoms with Gasteiger partial charge in [-0.25, -0.2) is 4.98 Å². The second-order valence-electron chi connectivity index (χ2n) is 10.6. The van der Waals surface area contributed by atoms with Gasteiger partial charge in [-0.2, -0.15) is 0 Å². The molecule has 1 aliphatic rings. The van der Waals surface area contributed by atoms with Gasteiger partial charge in [0.2, 0.25) is 11.8 Å². The summed E-state index contributed by atoms with van der Waals surface area (Å²) in [4.78, 5) is 45.7. The Bertz CT molecular complexity index is 1280. The smallest absolute Gasteiger partial charge is 0.250 e. The lowest BCUT2D eigenvalue weighted by Crippen LogP contribution is -2.56. The van der Waals surface area contributed by atoms with Crippen molar-refractivity contribution in [1.29, 1.82) is 0 Å². The molecular weight excluding hydrogens is 579 g/mol. The quantitative estimate of drug-likeness (QED) is 0.300. The summed E-state index contributed by atoms with van der Waals surface area (Å²) in [5, 5.41) is 5.44. The van der Waals surface area contributed by atoms with Crippen molar-refractivity contribution in [3.8, 4) is 0 Å². The molecule has 2 heterocycles. The minimum atomic E-state index is -1.18. The van der Waals surface area contributed by atoms with E-state index < -0.39 is 29.4 Å². The average molecular weight is 620 g/mol. The maximum atomic E-state index is 13.6. The summed E-state index contributed by atoms with van der Waals surface area (Å²) < 4.78 is 7.47. The Morgan fingerprint density at radius 3 is 2.21 bits per heavy atom. The molecule has 0 spiro atoms. The molecule has 0 bridgehead atoms. The fourth-order valence-electron chi connectivity index (χ4n) is 4.52. The molecule has 1 fully saturated rings. The van der Waals surface area contributed by atoms with Crippen molar-refractivity contribution < 1.29 is 19.1 Å². The van der Waals surface area contributed by atoms with Crippen molar-refractivity contribution in [1.82, 2.24) is 19.8 Å². The summed E-state index contributed by atoms with van der Waals surface area (Å²) in [5.74, 6) is -0.746. The van der Waals surface area contributed by atoms with Gasteiger partial charge in [-0.1, -0.05) is 60.7 Å². The Morgan fingerprint density at radius 1 is 0.976 bits per heavy atom. The molecule has 0 aliphatic carbocycles. The van der Waals surface area contributed by atoms with Gasteiger partial charge in [-0.15, -0.1) is 24.8 Å². The second kappa shape index (κ2) is 16.3. The number of hydrogen-bond acceptors (Lipinski definition) is 6. The monoisotopic (exact) mass is 618 g/mol. The summed E-state index contributed by atoms with van der Waals surface area (Å²) >= 11 is 0. The number of nitrogens with zero attached hydrogens (tertiary/aromatic N) is 3. The van der Waals surface area contributed by atoms with Gasteiger partial charge in [0, 0.05) is 19.3 Å². The van der Waals surface area contributed by atoms with Crippen molar-refractivity contribution in [3.63, 3.8) is 0 Å². The summed E-state index contributed by atoms with van der Waals surface area (Å²) in [6.45, 7) is 4.78. The van der Waals surface area contributed by atoms with Crippen molar-refractivity contribution in [2.45, 2.75) is 57.3 Å². The highest BCUT2D eigenvalue weighted by atomic mass is 35.5. The molecule has 1 aliphatic heterocycles. The molecule has 2 atom stereocenters. The number of anilines is 1. The van der Waals surface area contributed by atoms with Crippen LogP contribution in [-0.4, -0.2) is 63.4 Å². The molecule has 42 heavy (non-hydrogen) atoms. The first-order chi connectivity index (χ1) is 19.2. The molecule has 0 saturated carbocycles. The number of imidazole rings is 1. The Morgan fingerprint density at radius 2 is 1.60 bits per heavy atom. The van der Waals surface area contributed by atoms with Crippen LogP contribution in [0.4, 0.5) is 5.82 Å². The zero-order valence-electron chi connectivity index (χ0n) is 23.9. The highest BCUT2D eigenvalue weighted by molar-refractivity contribution is 5.98. The van der Waals surface area contributed by atoms with E-state index >= 15 is 0 Å². The summed E-state index contributed by atoms with van der Waals surface area (Å²) in [6.07, 6.45) is 6.26. The Kier molecular flexibility index (Phi) is 13.5. The van der Waals surface area contributed by atoms with E-state index in [1.54, 1.807) is 24.6 Å². The zero-order chi connectivity index (χ0) is 28.5. The SMILES string of the molecule is CC(C)(N)C(=O)N[C@H](COCc1ccccc1)C(=O)Nc1cn(C(C(=O)N2CCCCC2)c2ccccc2)cn1.Cl.Cl. The average Bonchev–Trinajstić information content (AvgIpc) is 3.41. The number of amides is 3. The number of piperidine rings is 1. The lowest BCUT2D eigenvalue weighted by atomic mass is 10.0. The number of ether oxygens (including phenoxy) is 1. The van der Waals surface area contributed by atoms with E-state index in [0.29, 0.717) is 0 Å². The second-order valence-corrected chi connectivity index (χ2v) is 10.6. The number of aromatic nitrogens is 2. The number of halogens is 2. The van der Waals surface area contributed by atoms with E-state index in [1.165, 1.54) is 6.33 Å². The molecule has 228 valence electrons. The third-order valence-corrected chi connectivity index (χ3v) is 6.77. The van der Waals surface area contributed by atoms with E-state index in [-0.39, 0.29) is 49.8 Å². The third kappa shape index (κ3) is 9.55. The zero-order valence-corrected chi connectivity index (χ0v) is 25.5. The number of rotatable bonds is 11. The van der Waals surface area contributed by atoms with Crippen LogP contribution < -0.4 is 16.4 Å². The van der Waals surface area contributed by atoms with Crippen molar-refractivity contribution in [3.05, 3.63) is 84.3 Å². The molecule has 10 nitrogen and oxygen atoms in total. The van der Waals surface area contributed by atoms with Crippen LogP contribution in [0, 0.1) is 0 Å². The van der Waals surface area contributed by atoms with Gasteiger partial charge >= 0.3 is 0 Å². The maximum absolute atomic E-state index is 13.6. The lowest BCUT2D eigenvalue weighted by Gasteiger charge is -2.31. The van der Waals surface area contributed by atoms with E-state index in [9.17, 15) is 14.4 Å². The van der Waals surface area contributed by atoms with Crippen LogP contribution in [0.5, 0.6) is 0 Å². The minimum Gasteiger partial charge on any atom is -0.374 e. The van der Waals surface area contributed by atoms with E-state index in [1.807, 2.05) is 65.6 Å². The van der Waals surface area contributed by atoms with Crippen molar-refractivity contribution in [2.75, 3.05) is 25.0 Å². The minimum absolute atomic E-state index is 0. The molecular formula is C30H40Cl2N6O4. The molecule has 1 saturated heterocycles. The molecule has 3 aromatic rings. The fourth-order valence-corrected chi connectivity index (χ4v) is 4.52. The molecule has 12 heteroatoms. The molecule has 3 amide bonds. The van der Waals surface area contributed by atoms with Crippen LogP contribution in [0.25, 0.3) is 0 Å². The van der Waals surface area contributed by atoms with Crippen LogP contribution in [-0.2, 0) is 25.7 Å². The number of benzene rings is 2. The van der Waals surface area contributed by atoms with Crippen molar-refractivity contribution in [2.24, 2.45) is 5.73 Å². The summed E-state index contributed by atoms with van der Waals surface area (Å²) in [7, 11) is 0. The highest BCUT2D eigenvalue weighted by Gasteiger charge is 2.31. The first-order valence-corrected chi connectivity index (χ1v) is 13.6. The van der Waals surface area contributed by atoms with Crippen LogP contribution in [0.3, 0.4) is 0 Å². The van der Waals surface area contributed by atoms with Gasteiger partial charge in [0.1, 0.15) is 12.1 Å². The molecule has 1 aromatic heterocycles. The molecule has 1 unspecified atom stereocenters. The Hall–Kier alpha value is -3.44. The van der Waals surface area contributed by atoms with Crippen LogP contribution in [0.15, 0.2) is 73.2 Å². The van der Waals surface area contributed by atoms with Crippen LogP contribution in [0.1, 0.15) is 50.3 Å². The third-order valence-electron chi connectivity index (χ3n) is 6.77. The fraction of sp³-hybridized carbons (Fsp3) is 0.400. The van der Waals surface area contributed by atoms with Gasteiger partial charge < -0.3 is 30.6 Å². The molecule has 4 N–H and O–H groups in total.